The van der Waals surface area contributed by atoms with E-state index in [9.17, 15) is 24.3 Å². The van der Waals surface area contributed by atoms with Gasteiger partial charge in [-0.3, -0.25) is 19.7 Å². The predicted octanol–water partition coefficient (Wildman–Crippen LogP) is 2.54. The molecule has 4 atom stereocenters. The van der Waals surface area contributed by atoms with Crippen LogP contribution in [0.1, 0.15) is 49.4 Å². The SMILES string of the molecule is CCc1cccc(CC)c1N1C(=O)C2C(c3ccccc3OC)NC(CCCNC(N)=O)(C(=O)O)C2C1=O. The first-order chi connectivity index (χ1) is 18.2. The highest BCUT2D eigenvalue weighted by molar-refractivity contribution is 6.25. The van der Waals surface area contributed by atoms with E-state index < -0.39 is 47.2 Å². The maximum Gasteiger partial charge on any atom is 0.324 e. The minimum Gasteiger partial charge on any atom is -0.496 e. The second-order valence-electron chi connectivity index (χ2n) is 9.68. The molecule has 0 spiro atoms. The summed E-state index contributed by atoms with van der Waals surface area (Å²) < 4.78 is 5.55. The Morgan fingerprint density at radius 1 is 1.08 bits per heavy atom. The van der Waals surface area contributed by atoms with Crippen molar-refractivity contribution in [3.8, 4) is 5.75 Å². The number of aryl methyl sites for hydroxylation is 2. The molecule has 10 nitrogen and oxygen atoms in total. The van der Waals surface area contributed by atoms with Crippen LogP contribution in [0.2, 0.25) is 0 Å². The number of nitrogens with one attached hydrogen (secondary N) is 2. The first kappa shape index (κ1) is 27.1. The molecule has 2 fully saturated rings. The number of para-hydroxylation sites is 2. The molecule has 4 amide bonds. The molecule has 0 bridgehead atoms. The number of amides is 4. The third-order valence-corrected chi connectivity index (χ3v) is 7.75. The van der Waals surface area contributed by atoms with Crippen LogP contribution in [0.4, 0.5) is 10.5 Å². The lowest BCUT2D eigenvalue weighted by Gasteiger charge is -2.32. The van der Waals surface area contributed by atoms with Crippen LogP contribution >= 0.6 is 0 Å². The molecule has 0 radical (unpaired) electrons. The molecule has 5 N–H and O–H groups in total. The summed E-state index contributed by atoms with van der Waals surface area (Å²) in [5, 5.41) is 16.2. The molecule has 0 aromatic heterocycles. The number of primary amides is 1. The van der Waals surface area contributed by atoms with Crippen LogP contribution in [0.3, 0.4) is 0 Å². The molecular formula is C28H34N4O6. The van der Waals surface area contributed by atoms with Crippen LogP contribution in [-0.4, -0.2) is 48.1 Å². The van der Waals surface area contributed by atoms with Gasteiger partial charge in [0.25, 0.3) is 0 Å². The number of carbonyl (C=O) groups excluding carboxylic acids is 3. The Morgan fingerprint density at radius 3 is 2.32 bits per heavy atom. The van der Waals surface area contributed by atoms with Crippen molar-refractivity contribution in [1.82, 2.24) is 10.6 Å². The largest absolute Gasteiger partial charge is 0.496 e. The minimum atomic E-state index is -1.75. The van der Waals surface area contributed by atoms with Crippen molar-refractivity contribution < 1.29 is 29.0 Å². The second kappa shape index (κ2) is 10.8. The number of rotatable bonds is 10. The normalized spacial score (nSPS) is 24.4. The van der Waals surface area contributed by atoms with Gasteiger partial charge in [0.15, 0.2) is 0 Å². The molecule has 2 aliphatic heterocycles. The van der Waals surface area contributed by atoms with E-state index in [4.69, 9.17) is 10.5 Å². The van der Waals surface area contributed by atoms with Gasteiger partial charge < -0.3 is 20.9 Å². The van der Waals surface area contributed by atoms with Crippen molar-refractivity contribution in [2.24, 2.45) is 17.6 Å². The van der Waals surface area contributed by atoms with Crippen molar-refractivity contribution in [3.05, 3.63) is 59.2 Å². The zero-order chi connectivity index (χ0) is 27.6. The molecule has 2 aliphatic rings. The number of methoxy groups -OCH3 is 1. The highest BCUT2D eigenvalue weighted by atomic mass is 16.5. The van der Waals surface area contributed by atoms with E-state index in [-0.39, 0.29) is 19.4 Å². The van der Waals surface area contributed by atoms with Crippen LogP contribution in [0, 0.1) is 11.8 Å². The number of carbonyl (C=O) groups is 4. The highest BCUT2D eigenvalue weighted by Crippen LogP contribution is 2.53. The van der Waals surface area contributed by atoms with Gasteiger partial charge in [0.1, 0.15) is 11.3 Å². The van der Waals surface area contributed by atoms with Gasteiger partial charge in [0, 0.05) is 18.2 Å². The van der Waals surface area contributed by atoms with Crippen LogP contribution in [-0.2, 0) is 27.2 Å². The Labute approximate surface area is 221 Å². The van der Waals surface area contributed by atoms with E-state index in [2.05, 4.69) is 10.6 Å². The van der Waals surface area contributed by atoms with E-state index >= 15 is 0 Å². The summed E-state index contributed by atoms with van der Waals surface area (Å²) in [7, 11) is 1.50. The summed E-state index contributed by atoms with van der Waals surface area (Å²) in [4.78, 5) is 53.8. The van der Waals surface area contributed by atoms with Gasteiger partial charge in [-0.05, 0) is 42.9 Å². The molecule has 38 heavy (non-hydrogen) atoms. The van der Waals surface area contributed by atoms with Crippen molar-refractivity contribution in [3.63, 3.8) is 0 Å². The Morgan fingerprint density at radius 2 is 1.74 bits per heavy atom. The van der Waals surface area contributed by atoms with E-state index in [1.807, 2.05) is 32.0 Å². The number of hydrogen-bond donors (Lipinski definition) is 4. The topological polar surface area (TPSA) is 151 Å². The van der Waals surface area contributed by atoms with E-state index in [0.29, 0.717) is 29.8 Å². The molecule has 202 valence electrons. The van der Waals surface area contributed by atoms with Crippen LogP contribution in [0.15, 0.2) is 42.5 Å². The first-order valence-corrected chi connectivity index (χ1v) is 12.9. The molecule has 10 heteroatoms. The fourth-order valence-corrected chi connectivity index (χ4v) is 6.03. The molecular weight excluding hydrogens is 488 g/mol. The molecule has 0 saturated carbocycles. The van der Waals surface area contributed by atoms with Crippen molar-refractivity contribution >= 4 is 29.5 Å². The number of aliphatic carboxylic acids is 1. The van der Waals surface area contributed by atoms with Crippen LogP contribution < -0.4 is 26.0 Å². The summed E-state index contributed by atoms with van der Waals surface area (Å²) in [6.45, 7) is 4.04. The summed E-state index contributed by atoms with van der Waals surface area (Å²) in [6, 6.07) is 11.3. The third-order valence-electron chi connectivity index (χ3n) is 7.75. The number of ether oxygens (including phenoxy) is 1. The number of nitrogens with two attached hydrogens (primary N) is 1. The fraction of sp³-hybridized carbons (Fsp3) is 0.429. The zero-order valence-electron chi connectivity index (χ0n) is 21.8. The van der Waals surface area contributed by atoms with Crippen molar-refractivity contribution in [2.45, 2.75) is 51.1 Å². The number of nitrogens with zero attached hydrogens (tertiary/aromatic N) is 1. The van der Waals surface area contributed by atoms with E-state index in [1.54, 1.807) is 24.3 Å². The van der Waals surface area contributed by atoms with Gasteiger partial charge in [0.2, 0.25) is 11.8 Å². The zero-order valence-corrected chi connectivity index (χ0v) is 21.8. The van der Waals surface area contributed by atoms with E-state index in [0.717, 1.165) is 11.1 Å². The second-order valence-corrected chi connectivity index (χ2v) is 9.68. The van der Waals surface area contributed by atoms with Gasteiger partial charge in [-0.2, -0.15) is 0 Å². The lowest BCUT2D eigenvalue weighted by molar-refractivity contribution is -0.149. The number of carboxylic acids is 1. The summed E-state index contributed by atoms with van der Waals surface area (Å²) in [5.74, 6) is -3.84. The number of imide groups is 1. The van der Waals surface area contributed by atoms with Crippen molar-refractivity contribution in [1.29, 1.82) is 0 Å². The van der Waals surface area contributed by atoms with Crippen LogP contribution in [0.5, 0.6) is 5.75 Å². The molecule has 4 rings (SSSR count). The standard InChI is InChI=1S/C28H34N4O6/c1-4-16-10-8-11-17(5-2)23(16)32-24(33)20-21(25(32)34)28(26(35)36,14-9-15-30-27(29)37)31-22(20)18-12-6-7-13-19(18)38-3/h6-8,10-13,20-22,31H,4-5,9,14-15H2,1-3H3,(H,35,36)(H3,29,30,37). The molecule has 2 aromatic carbocycles. The number of anilines is 1. The monoisotopic (exact) mass is 522 g/mol. The molecule has 4 unspecified atom stereocenters. The lowest BCUT2D eigenvalue weighted by Crippen LogP contribution is -2.56. The van der Waals surface area contributed by atoms with Gasteiger partial charge in [-0.15, -0.1) is 0 Å². The van der Waals surface area contributed by atoms with Gasteiger partial charge in [-0.1, -0.05) is 50.2 Å². The predicted molar refractivity (Wildman–Crippen MR) is 141 cm³/mol. The summed E-state index contributed by atoms with van der Waals surface area (Å²) in [6.07, 6.45) is 1.44. The smallest absolute Gasteiger partial charge is 0.324 e. The third kappa shape index (κ3) is 4.38. The van der Waals surface area contributed by atoms with Crippen LogP contribution in [0.25, 0.3) is 0 Å². The quantitative estimate of drug-likeness (QED) is 0.276. The lowest BCUT2D eigenvalue weighted by atomic mass is 9.77. The number of hydrogen-bond acceptors (Lipinski definition) is 6. The Kier molecular flexibility index (Phi) is 7.73. The highest BCUT2D eigenvalue weighted by Gasteiger charge is 2.68. The maximum absolute atomic E-state index is 14.2. The molecule has 0 aliphatic carbocycles. The van der Waals surface area contributed by atoms with Crippen molar-refractivity contribution in [2.75, 3.05) is 18.6 Å². The van der Waals surface area contributed by atoms with E-state index in [1.165, 1.54) is 12.0 Å². The molecule has 2 heterocycles. The average Bonchev–Trinajstić information content (AvgIpc) is 3.39. The minimum absolute atomic E-state index is 0.00164. The van der Waals surface area contributed by atoms with Gasteiger partial charge >= 0.3 is 12.0 Å². The Bertz CT molecular complexity index is 1240. The maximum atomic E-state index is 14.2. The first-order valence-electron chi connectivity index (χ1n) is 12.9. The summed E-state index contributed by atoms with van der Waals surface area (Å²) in [5.41, 5.74) is 6.27. The number of urea groups is 1. The number of benzene rings is 2. The van der Waals surface area contributed by atoms with Gasteiger partial charge in [-0.25, -0.2) is 9.69 Å². The molecule has 2 saturated heterocycles. The number of carboxylic acid groups (broad SMARTS) is 1. The number of fused-ring (bicyclic) bond motifs is 1. The Hall–Kier alpha value is -3.92. The summed E-state index contributed by atoms with van der Waals surface area (Å²) >= 11 is 0. The fourth-order valence-electron chi connectivity index (χ4n) is 6.03. The molecule has 2 aromatic rings. The average molecular weight is 523 g/mol. The van der Waals surface area contributed by atoms with Gasteiger partial charge in [0.05, 0.1) is 24.6 Å². The Balaban J connectivity index is 1.87.